The largest absolute Gasteiger partial charge is 0.493 e. The summed E-state index contributed by atoms with van der Waals surface area (Å²) in [7, 11) is 1.48. The van der Waals surface area contributed by atoms with Crippen molar-refractivity contribution in [1.29, 1.82) is 0 Å². The first-order valence-electron chi connectivity index (χ1n) is 8.05. The van der Waals surface area contributed by atoms with E-state index in [4.69, 9.17) is 19.9 Å². The highest BCUT2D eigenvalue weighted by molar-refractivity contribution is 5.95. The Morgan fingerprint density at radius 2 is 2.17 bits per heavy atom. The highest BCUT2D eigenvalue weighted by Crippen LogP contribution is 2.28. The molecule has 0 saturated carbocycles. The number of ether oxygens (including phenoxy) is 3. The van der Waals surface area contributed by atoms with Gasteiger partial charge in [0.25, 0.3) is 11.8 Å². The molecule has 132 valence electrons. The molecule has 0 bridgehead atoms. The van der Waals surface area contributed by atoms with E-state index in [2.05, 4.69) is 0 Å². The van der Waals surface area contributed by atoms with Gasteiger partial charge in [-0.2, -0.15) is 0 Å². The monoisotopic (exact) mass is 336 g/mol. The van der Waals surface area contributed by atoms with E-state index in [0.29, 0.717) is 30.2 Å². The van der Waals surface area contributed by atoms with Crippen LogP contribution in [0.3, 0.4) is 0 Å². The molecule has 1 fully saturated rings. The van der Waals surface area contributed by atoms with Gasteiger partial charge in [-0.05, 0) is 38.0 Å². The van der Waals surface area contributed by atoms with Gasteiger partial charge in [0.05, 0.1) is 13.2 Å². The number of methoxy groups -OCH3 is 1. The molecule has 2 N–H and O–H groups in total. The molecule has 1 aliphatic rings. The number of carbonyl (C=O) groups is 2. The van der Waals surface area contributed by atoms with Crippen molar-refractivity contribution in [3.8, 4) is 11.5 Å². The summed E-state index contributed by atoms with van der Waals surface area (Å²) in [5.74, 6) is 0.0870. The number of amides is 2. The minimum absolute atomic E-state index is 0.0900. The zero-order chi connectivity index (χ0) is 17.5. The molecule has 0 radical (unpaired) electrons. The molecule has 1 aromatic carbocycles. The number of hydrogen-bond donors (Lipinski definition) is 1. The van der Waals surface area contributed by atoms with Crippen LogP contribution in [0.5, 0.6) is 11.5 Å². The molecule has 1 saturated heterocycles. The van der Waals surface area contributed by atoms with Crippen LogP contribution >= 0.6 is 0 Å². The first kappa shape index (κ1) is 18.1. The second-order valence-electron chi connectivity index (χ2n) is 5.60. The lowest BCUT2D eigenvalue weighted by molar-refractivity contribution is -0.119. The van der Waals surface area contributed by atoms with Gasteiger partial charge in [0, 0.05) is 25.3 Å². The van der Waals surface area contributed by atoms with Crippen LogP contribution < -0.4 is 15.2 Å². The van der Waals surface area contributed by atoms with Crippen LogP contribution in [0, 0.1) is 0 Å². The van der Waals surface area contributed by atoms with E-state index in [1.54, 1.807) is 23.1 Å². The smallest absolute Gasteiger partial charge is 0.255 e. The van der Waals surface area contributed by atoms with Gasteiger partial charge in [0.1, 0.15) is 0 Å². The van der Waals surface area contributed by atoms with Crippen LogP contribution in [-0.4, -0.2) is 56.2 Å². The van der Waals surface area contributed by atoms with E-state index in [0.717, 1.165) is 19.4 Å². The Morgan fingerprint density at radius 3 is 2.75 bits per heavy atom. The number of benzene rings is 1. The molecule has 1 aromatic rings. The molecule has 7 heteroatoms. The molecular weight excluding hydrogens is 312 g/mol. The normalized spacial score (nSPS) is 16.7. The Morgan fingerprint density at radius 1 is 1.38 bits per heavy atom. The van der Waals surface area contributed by atoms with Crippen LogP contribution in [0.2, 0.25) is 0 Å². The number of carbonyl (C=O) groups excluding carboxylic acids is 2. The van der Waals surface area contributed by atoms with Gasteiger partial charge < -0.3 is 24.8 Å². The third-order valence-electron chi connectivity index (χ3n) is 3.90. The van der Waals surface area contributed by atoms with Crippen molar-refractivity contribution in [2.24, 2.45) is 5.73 Å². The first-order valence-corrected chi connectivity index (χ1v) is 8.05. The highest BCUT2D eigenvalue weighted by atomic mass is 16.5. The summed E-state index contributed by atoms with van der Waals surface area (Å²) in [5.41, 5.74) is 5.57. The molecule has 24 heavy (non-hydrogen) atoms. The molecule has 1 heterocycles. The summed E-state index contributed by atoms with van der Waals surface area (Å²) in [6.45, 7) is 3.63. The third kappa shape index (κ3) is 4.61. The Balaban J connectivity index is 2.10. The fourth-order valence-electron chi connectivity index (χ4n) is 2.64. The number of rotatable bonds is 8. The van der Waals surface area contributed by atoms with Crippen molar-refractivity contribution in [1.82, 2.24) is 4.90 Å². The van der Waals surface area contributed by atoms with Crippen LogP contribution in [-0.2, 0) is 9.53 Å². The molecule has 1 atom stereocenters. The molecule has 1 aliphatic heterocycles. The highest BCUT2D eigenvalue weighted by Gasteiger charge is 2.23. The van der Waals surface area contributed by atoms with Crippen molar-refractivity contribution in [3.05, 3.63) is 23.8 Å². The van der Waals surface area contributed by atoms with Gasteiger partial charge in [0.2, 0.25) is 0 Å². The maximum atomic E-state index is 12.7. The van der Waals surface area contributed by atoms with Crippen LogP contribution in [0.15, 0.2) is 18.2 Å². The maximum absolute atomic E-state index is 12.7. The molecule has 0 spiro atoms. The van der Waals surface area contributed by atoms with Gasteiger partial charge in [-0.25, -0.2) is 0 Å². The van der Waals surface area contributed by atoms with Crippen molar-refractivity contribution in [2.75, 3.05) is 33.4 Å². The second kappa shape index (κ2) is 8.54. The van der Waals surface area contributed by atoms with E-state index in [-0.39, 0.29) is 18.6 Å². The molecular formula is C17H24N2O5. The van der Waals surface area contributed by atoms with Crippen LogP contribution in [0.1, 0.15) is 30.1 Å². The second-order valence-corrected chi connectivity index (χ2v) is 5.60. The van der Waals surface area contributed by atoms with E-state index in [1.165, 1.54) is 7.11 Å². The predicted molar refractivity (Wildman–Crippen MR) is 88.2 cm³/mol. The minimum atomic E-state index is -0.578. The van der Waals surface area contributed by atoms with Crippen molar-refractivity contribution in [3.63, 3.8) is 0 Å². The number of primary amides is 1. The Kier molecular flexibility index (Phi) is 6.43. The Hall–Kier alpha value is -2.28. The fraction of sp³-hybridized carbons (Fsp3) is 0.529. The van der Waals surface area contributed by atoms with Gasteiger partial charge >= 0.3 is 0 Å². The van der Waals surface area contributed by atoms with E-state index in [9.17, 15) is 9.59 Å². The molecule has 2 amide bonds. The Labute approximate surface area is 141 Å². The quantitative estimate of drug-likeness (QED) is 0.770. The van der Waals surface area contributed by atoms with Crippen molar-refractivity contribution in [2.45, 2.75) is 25.9 Å². The van der Waals surface area contributed by atoms with E-state index < -0.39 is 5.91 Å². The summed E-state index contributed by atoms with van der Waals surface area (Å²) in [6.07, 6.45) is 2.12. The topological polar surface area (TPSA) is 91.1 Å². The lowest BCUT2D eigenvalue weighted by atomic mass is 10.1. The number of nitrogens with two attached hydrogens (primary N) is 1. The van der Waals surface area contributed by atoms with E-state index in [1.807, 2.05) is 6.92 Å². The summed E-state index contributed by atoms with van der Waals surface area (Å²) in [6, 6.07) is 4.87. The molecule has 0 aliphatic carbocycles. The zero-order valence-electron chi connectivity index (χ0n) is 14.1. The summed E-state index contributed by atoms with van der Waals surface area (Å²) in [5, 5.41) is 0. The van der Waals surface area contributed by atoms with Crippen molar-refractivity contribution >= 4 is 11.8 Å². The third-order valence-corrected chi connectivity index (χ3v) is 3.90. The van der Waals surface area contributed by atoms with Gasteiger partial charge in [0.15, 0.2) is 18.1 Å². The molecule has 0 aromatic heterocycles. The SMILES string of the molecule is CCN(C[C@@H]1CCCO1)C(=O)c1ccc(OCC(N)=O)c(OC)c1. The van der Waals surface area contributed by atoms with Gasteiger partial charge in [-0.3, -0.25) is 9.59 Å². The van der Waals surface area contributed by atoms with E-state index >= 15 is 0 Å². The summed E-state index contributed by atoms with van der Waals surface area (Å²) < 4.78 is 16.1. The van der Waals surface area contributed by atoms with Gasteiger partial charge in [-0.15, -0.1) is 0 Å². The summed E-state index contributed by atoms with van der Waals surface area (Å²) >= 11 is 0. The minimum Gasteiger partial charge on any atom is -0.493 e. The Bertz CT molecular complexity index is 584. The van der Waals surface area contributed by atoms with Gasteiger partial charge in [-0.1, -0.05) is 0 Å². The fourth-order valence-corrected chi connectivity index (χ4v) is 2.64. The standard InChI is InChI=1S/C17H24N2O5/c1-3-19(10-13-5-4-8-23-13)17(21)12-6-7-14(15(9-12)22-2)24-11-16(18)20/h6-7,9,13H,3-5,8,10-11H2,1-2H3,(H2,18,20)/t13-/m0/s1. The number of hydrogen-bond acceptors (Lipinski definition) is 5. The molecule has 0 unspecified atom stereocenters. The zero-order valence-corrected chi connectivity index (χ0v) is 14.1. The lowest BCUT2D eigenvalue weighted by Gasteiger charge is -2.24. The average molecular weight is 336 g/mol. The van der Waals surface area contributed by atoms with Crippen LogP contribution in [0.25, 0.3) is 0 Å². The maximum Gasteiger partial charge on any atom is 0.255 e. The van der Waals surface area contributed by atoms with Crippen molar-refractivity contribution < 1.29 is 23.8 Å². The number of likely N-dealkylation sites (N-methyl/N-ethyl adjacent to an activating group) is 1. The predicted octanol–water partition coefficient (Wildman–Crippen LogP) is 1.20. The lowest BCUT2D eigenvalue weighted by Crippen LogP contribution is -2.37. The van der Waals surface area contributed by atoms with Crippen LogP contribution in [0.4, 0.5) is 0 Å². The first-order chi connectivity index (χ1) is 11.5. The average Bonchev–Trinajstić information content (AvgIpc) is 3.10. The molecule has 7 nitrogen and oxygen atoms in total. The molecule has 2 rings (SSSR count). The number of nitrogens with zero attached hydrogens (tertiary/aromatic N) is 1. The summed E-state index contributed by atoms with van der Waals surface area (Å²) in [4.78, 5) is 25.3.